The number of nitrogens with zero attached hydrogens (tertiary/aromatic N) is 1. The summed E-state index contributed by atoms with van der Waals surface area (Å²) in [4.78, 5) is 10.4. The molecule has 0 fully saturated rings. The number of rotatable bonds is 3. The fraction of sp³-hybridized carbons (Fsp3) is 0.167. The molecule has 1 radical (unpaired) electrons. The normalized spacial score (nSPS) is 10.2. The van der Waals surface area contributed by atoms with Crippen LogP contribution in [0, 0.1) is 6.92 Å². The van der Waals surface area contributed by atoms with E-state index in [1.54, 1.807) is 6.92 Å². The van der Waals surface area contributed by atoms with Crippen LogP contribution in [0.4, 0.5) is 0 Å². The quantitative estimate of drug-likeness (QED) is 0.763. The highest BCUT2D eigenvalue weighted by Gasteiger charge is 2.13. The Bertz CT molecular complexity index is 460. The first-order chi connectivity index (χ1) is 7.33. The molecule has 0 amide bonds. The molecule has 0 saturated heterocycles. The molecule has 0 bridgehead atoms. The summed E-state index contributed by atoms with van der Waals surface area (Å²) in [5.74, 6) is 0.678. The zero-order valence-electron chi connectivity index (χ0n) is 8.36. The van der Waals surface area contributed by atoms with E-state index >= 15 is 0 Å². The Balaban J connectivity index is 2.49. The van der Waals surface area contributed by atoms with Crippen LogP contribution >= 0.6 is 0 Å². The maximum Gasteiger partial charge on any atom is 0.203 e. The largest absolute Gasteiger partial charge is 0.361 e. The van der Waals surface area contributed by atoms with Gasteiger partial charge in [-0.1, -0.05) is 35.5 Å². The van der Waals surface area contributed by atoms with E-state index in [1.165, 1.54) is 0 Å². The first-order valence-electron chi connectivity index (χ1n) is 4.68. The highest BCUT2D eigenvalue weighted by Crippen LogP contribution is 2.24. The Morgan fingerprint density at radius 2 is 2.07 bits per heavy atom. The summed E-state index contributed by atoms with van der Waals surface area (Å²) in [6.07, 6.45) is 2.09. The third-order valence-electron chi connectivity index (χ3n) is 2.28. The summed E-state index contributed by atoms with van der Waals surface area (Å²) in [6.45, 7) is 1.80. The second-order valence-corrected chi connectivity index (χ2v) is 3.25. The molecule has 2 aromatic rings. The summed E-state index contributed by atoms with van der Waals surface area (Å²) in [6, 6.07) is 9.65. The van der Waals surface area contributed by atoms with Crippen molar-refractivity contribution < 1.29 is 9.32 Å². The van der Waals surface area contributed by atoms with Crippen LogP contribution in [0.2, 0.25) is 0 Å². The van der Waals surface area contributed by atoms with Gasteiger partial charge in [0.15, 0.2) is 0 Å². The number of benzene rings is 1. The van der Waals surface area contributed by atoms with Crippen LogP contribution < -0.4 is 0 Å². The van der Waals surface area contributed by atoms with Crippen molar-refractivity contribution in [3.63, 3.8) is 0 Å². The van der Waals surface area contributed by atoms with Gasteiger partial charge >= 0.3 is 0 Å². The summed E-state index contributed by atoms with van der Waals surface area (Å²) in [5.41, 5.74) is 2.51. The minimum Gasteiger partial charge on any atom is -0.361 e. The van der Waals surface area contributed by atoms with Crippen molar-refractivity contribution in [2.24, 2.45) is 0 Å². The Morgan fingerprint density at radius 1 is 1.33 bits per heavy atom. The first-order valence-corrected chi connectivity index (χ1v) is 4.68. The Labute approximate surface area is 87.7 Å². The maximum atomic E-state index is 10.4. The molecule has 0 unspecified atom stereocenters. The predicted octanol–water partition coefficient (Wildman–Crippen LogP) is 2.30. The van der Waals surface area contributed by atoms with E-state index in [9.17, 15) is 4.79 Å². The number of carbonyl (C=O) groups excluding carboxylic acids is 1. The molecule has 1 heterocycles. The summed E-state index contributed by atoms with van der Waals surface area (Å²) in [5, 5.41) is 3.95. The fourth-order valence-electron chi connectivity index (χ4n) is 1.49. The van der Waals surface area contributed by atoms with Crippen LogP contribution in [0.3, 0.4) is 0 Å². The van der Waals surface area contributed by atoms with Gasteiger partial charge in [0.25, 0.3) is 0 Å². The minimum absolute atomic E-state index is 0.222. The zero-order valence-corrected chi connectivity index (χ0v) is 8.36. The second-order valence-electron chi connectivity index (χ2n) is 3.25. The van der Waals surface area contributed by atoms with Crippen LogP contribution in [0.1, 0.15) is 11.3 Å². The lowest BCUT2D eigenvalue weighted by Crippen LogP contribution is -1.89. The van der Waals surface area contributed by atoms with Crippen molar-refractivity contribution >= 4 is 6.29 Å². The van der Waals surface area contributed by atoms with Gasteiger partial charge in [-0.15, -0.1) is 0 Å². The lowest BCUT2D eigenvalue weighted by atomic mass is 10.0. The Morgan fingerprint density at radius 3 is 2.73 bits per heavy atom. The Hall–Kier alpha value is -1.90. The van der Waals surface area contributed by atoms with Gasteiger partial charge in [0.2, 0.25) is 6.29 Å². The monoisotopic (exact) mass is 200 g/mol. The molecule has 0 N–H and O–H groups in total. The SMILES string of the molecule is Cc1onc(-c2ccccc2)c1C[C]=O. The van der Waals surface area contributed by atoms with Gasteiger partial charge in [-0.2, -0.15) is 0 Å². The van der Waals surface area contributed by atoms with Crippen LogP contribution in [0.25, 0.3) is 11.3 Å². The highest BCUT2D eigenvalue weighted by atomic mass is 16.5. The van der Waals surface area contributed by atoms with Crippen molar-refractivity contribution in [3.8, 4) is 11.3 Å². The molecule has 2 rings (SSSR count). The Kier molecular flexibility index (Phi) is 2.63. The maximum absolute atomic E-state index is 10.4. The van der Waals surface area contributed by atoms with Crippen molar-refractivity contribution in [2.75, 3.05) is 0 Å². The molecule has 0 spiro atoms. The molecule has 0 aliphatic carbocycles. The predicted molar refractivity (Wildman–Crippen MR) is 56.1 cm³/mol. The molecular weight excluding hydrogens is 190 g/mol. The van der Waals surface area contributed by atoms with Crippen molar-refractivity contribution in [2.45, 2.75) is 13.3 Å². The van der Waals surface area contributed by atoms with Crippen LogP contribution in [0.15, 0.2) is 34.9 Å². The first kappa shape index (κ1) is 9.65. The summed E-state index contributed by atoms with van der Waals surface area (Å²) >= 11 is 0. The number of hydrogen-bond donors (Lipinski definition) is 0. The summed E-state index contributed by atoms with van der Waals surface area (Å²) < 4.78 is 5.07. The van der Waals surface area contributed by atoms with Gasteiger partial charge < -0.3 is 4.52 Å². The lowest BCUT2D eigenvalue weighted by molar-refractivity contribution is 0.398. The van der Waals surface area contributed by atoms with Gasteiger partial charge in [-0.25, -0.2) is 0 Å². The van der Waals surface area contributed by atoms with Crippen molar-refractivity contribution in [3.05, 3.63) is 41.7 Å². The van der Waals surface area contributed by atoms with Crippen molar-refractivity contribution in [1.82, 2.24) is 5.16 Å². The van der Waals surface area contributed by atoms with Crippen LogP contribution in [-0.4, -0.2) is 11.4 Å². The molecule has 1 aromatic carbocycles. The average molecular weight is 200 g/mol. The average Bonchev–Trinajstić information content (AvgIpc) is 2.63. The van der Waals surface area contributed by atoms with E-state index in [2.05, 4.69) is 5.16 Å². The third-order valence-corrected chi connectivity index (χ3v) is 2.28. The molecule has 3 heteroatoms. The standard InChI is InChI=1S/C12H10NO2/c1-9-11(7-8-14)12(13-15-9)10-5-3-2-4-6-10/h2-6H,7H2,1H3. The zero-order chi connectivity index (χ0) is 10.7. The van der Waals surface area contributed by atoms with Gasteiger partial charge in [-0.05, 0) is 6.92 Å². The molecule has 3 nitrogen and oxygen atoms in total. The van der Waals surface area contributed by atoms with E-state index in [4.69, 9.17) is 4.52 Å². The minimum atomic E-state index is 0.222. The molecule has 0 aliphatic rings. The fourth-order valence-corrected chi connectivity index (χ4v) is 1.49. The van der Waals surface area contributed by atoms with Gasteiger partial charge in [0.05, 0.1) is 0 Å². The van der Waals surface area contributed by atoms with Gasteiger partial charge in [0.1, 0.15) is 11.5 Å². The van der Waals surface area contributed by atoms with E-state index in [-0.39, 0.29) is 6.42 Å². The molecule has 0 saturated carbocycles. The number of aromatic nitrogens is 1. The molecule has 0 atom stereocenters. The van der Waals surface area contributed by atoms with E-state index in [1.807, 2.05) is 36.6 Å². The van der Waals surface area contributed by atoms with Gasteiger partial charge in [-0.3, -0.25) is 4.79 Å². The summed E-state index contributed by atoms with van der Waals surface area (Å²) in [7, 11) is 0. The van der Waals surface area contributed by atoms with Crippen LogP contribution in [0.5, 0.6) is 0 Å². The molecule has 1 aromatic heterocycles. The molecule has 75 valence electrons. The van der Waals surface area contributed by atoms with Crippen molar-refractivity contribution in [1.29, 1.82) is 0 Å². The smallest absolute Gasteiger partial charge is 0.203 e. The lowest BCUT2D eigenvalue weighted by Gasteiger charge is -1.97. The van der Waals surface area contributed by atoms with E-state index in [0.717, 1.165) is 16.8 Å². The topological polar surface area (TPSA) is 43.1 Å². The molecule has 0 aliphatic heterocycles. The highest BCUT2D eigenvalue weighted by molar-refractivity contribution is 5.68. The number of aryl methyl sites for hydroxylation is 1. The van der Waals surface area contributed by atoms with E-state index in [0.29, 0.717) is 5.76 Å². The van der Waals surface area contributed by atoms with Gasteiger partial charge in [0, 0.05) is 17.5 Å². The molecule has 15 heavy (non-hydrogen) atoms. The second kappa shape index (κ2) is 4.09. The van der Waals surface area contributed by atoms with Crippen LogP contribution in [-0.2, 0) is 11.2 Å². The number of hydrogen-bond acceptors (Lipinski definition) is 3. The third kappa shape index (κ3) is 1.81. The molecular formula is C12H10NO2. The van der Waals surface area contributed by atoms with E-state index < -0.39 is 0 Å².